The number of nitrogen functional groups attached to an aromatic ring is 2. The van der Waals surface area contributed by atoms with E-state index in [0.717, 1.165) is 0 Å². The topological polar surface area (TPSA) is 164 Å². The highest BCUT2D eigenvalue weighted by atomic mass is 32.3. The fourth-order valence-electron chi connectivity index (χ4n) is 1.90. The Morgan fingerprint density at radius 1 is 1.20 bits per heavy atom. The second-order valence-electron chi connectivity index (χ2n) is 4.46. The first-order valence-corrected chi connectivity index (χ1v) is 7.50. The van der Waals surface area contributed by atoms with Crippen LogP contribution in [-0.2, 0) is 10.4 Å². The van der Waals surface area contributed by atoms with Crippen LogP contribution in [0.3, 0.4) is 0 Å². The molecule has 0 bridgehead atoms. The third-order valence-corrected chi connectivity index (χ3v) is 2.79. The Bertz CT molecular complexity index is 522. The molecule has 1 aromatic heterocycles. The number of anilines is 3. The van der Waals surface area contributed by atoms with E-state index in [9.17, 15) is 0 Å². The van der Waals surface area contributed by atoms with Crippen LogP contribution in [0.15, 0.2) is 6.20 Å². The van der Waals surface area contributed by atoms with Crippen molar-refractivity contribution >= 4 is 27.9 Å². The van der Waals surface area contributed by atoms with Crippen molar-refractivity contribution in [2.24, 2.45) is 0 Å². The van der Waals surface area contributed by atoms with Gasteiger partial charge in [-0.05, 0) is 12.8 Å². The highest BCUT2D eigenvalue weighted by molar-refractivity contribution is 7.79. The molecule has 1 saturated carbocycles. The predicted octanol–water partition coefficient (Wildman–Crippen LogP) is 0.733. The largest absolute Gasteiger partial charge is 0.394 e. The second kappa shape index (κ2) is 7.22. The molecule has 0 spiro atoms. The first kappa shape index (κ1) is 16.4. The van der Waals surface area contributed by atoms with Crippen LogP contribution in [0.25, 0.3) is 0 Å². The van der Waals surface area contributed by atoms with Gasteiger partial charge in [0.2, 0.25) is 5.95 Å². The summed E-state index contributed by atoms with van der Waals surface area (Å²) in [5.74, 6) is 0.942. The van der Waals surface area contributed by atoms with Crippen molar-refractivity contribution in [1.29, 1.82) is 0 Å². The van der Waals surface area contributed by atoms with Gasteiger partial charge >= 0.3 is 10.4 Å². The summed E-state index contributed by atoms with van der Waals surface area (Å²) < 4.78 is 31.6. The van der Waals surface area contributed by atoms with Gasteiger partial charge in [0, 0.05) is 6.04 Å². The van der Waals surface area contributed by atoms with Gasteiger partial charge in [-0.2, -0.15) is 13.4 Å². The monoisotopic (exact) mass is 305 g/mol. The molecule has 0 amide bonds. The first-order valence-electron chi connectivity index (χ1n) is 6.10. The summed E-state index contributed by atoms with van der Waals surface area (Å²) in [4.78, 5) is 8.20. The van der Waals surface area contributed by atoms with Crippen LogP contribution in [-0.4, -0.2) is 33.5 Å². The van der Waals surface area contributed by atoms with E-state index in [1.54, 1.807) is 6.20 Å². The fraction of sp³-hybridized carbons (Fsp3) is 0.600. The van der Waals surface area contributed by atoms with Gasteiger partial charge in [-0.25, -0.2) is 4.98 Å². The molecule has 0 saturated heterocycles. The van der Waals surface area contributed by atoms with Crippen molar-refractivity contribution in [2.45, 2.75) is 38.1 Å². The smallest absolute Gasteiger partial charge is 0.394 e. The van der Waals surface area contributed by atoms with Crippen molar-refractivity contribution in [2.75, 3.05) is 16.8 Å². The number of rotatable bonds is 2. The molecule has 1 fully saturated rings. The van der Waals surface area contributed by atoms with Crippen LogP contribution in [0.5, 0.6) is 0 Å². The van der Waals surface area contributed by atoms with E-state index in [0.29, 0.717) is 23.5 Å². The van der Waals surface area contributed by atoms with Crippen molar-refractivity contribution in [3.63, 3.8) is 0 Å². The quantitative estimate of drug-likeness (QED) is 0.495. The summed E-state index contributed by atoms with van der Waals surface area (Å²) in [5.41, 5.74) is 11.6. The van der Waals surface area contributed by atoms with Gasteiger partial charge in [0.1, 0.15) is 0 Å². The zero-order valence-corrected chi connectivity index (χ0v) is 11.7. The van der Waals surface area contributed by atoms with Gasteiger partial charge in [0.15, 0.2) is 5.82 Å². The summed E-state index contributed by atoms with van der Waals surface area (Å²) in [5, 5.41) is 3.29. The van der Waals surface area contributed by atoms with Gasteiger partial charge in [-0.15, -0.1) is 0 Å². The van der Waals surface area contributed by atoms with Crippen molar-refractivity contribution in [1.82, 2.24) is 9.97 Å². The highest BCUT2D eigenvalue weighted by Crippen LogP contribution is 2.21. The number of hydrogen-bond acceptors (Lipinski definition) is 7. The van der Waals surface area contributed by atoms with Crippen LogP contribution < -0.4 is 16.8 Å². The van der Waals surface area contributed by atoms with Gasteiger partial charge in [0.25, 0.3) is 0 Å². The zero-order valence-electron chi connectivity index (χ0n) is 10.9. The average molecular weight is 305 g/mol. The van der Waals surface area contributed by atoms with Crippen LogP contribution >= 0.6 is 0 Å². The van der Waals surface area contributed by atoms with E-state index < -0.39 is 10.4 Å². The van der Waals surface area contributed by atoms with Gasteiger partial charge in [0.05, 0.1) is 11.9 Å². The fourth-order valence-corrected chi connectivity index (χ4v) is 1.90. The van der Waals surface area contributed by atoms with E-state index in [2.05, 4.69) is 15.3 Å². The average Bonchev–Trinajstić information content (AvgIpc) is 2.33. The maximum Gasteiger partial charge on any atom is 0.394 e. The van der Waals surface area contributed by atoms with Crippen LogP contribution in [0.4, 0.5) is 17.5 Å². The van der Waals surface area contributed by atoms with Gasteiger partial charge in [-0.3, -0.25) is 9.11 Å². The lowest BCUT2D eigenvalue weighted by Crippen LogP contribution is -2.23. The molecule has 9 nitrogen and oxygen atoms in total. The standard InChI is InChI=1S/C10H17N5.H2O4S/c11-8-6-13-10(15-9(8)12)14-7-4-2-1-3-5-7;1-5(2,3)4/h6-7H,1-5,11H2,(H3,12,13,14,15);(H2,1,2,3,4). The lowest BCUT2D eigenvalue weighted by Gasteiger charge is -2.22. The predicted molar refractivity (Wildman–Crippen MR) is 75.5 cm³/mol. The van der Waals surface area contributed by atoms with E-state index in [-0.39, 0.29) is 0 Å². The lowest BCUT2D eigenvalue weighted by atomic mass is 9.96. The second-order valence-corrected chi connectivity index (χ2v) is 5.36. The Balaban J connectivity index is 0.000000347. The molecule has 0 unspecified atom stereocenters. The third-order valence-electron chi connectivity index (χ3n) is 2.79. The van der Waals surface area contributed by atoms with Crippen LogP contribution in [0, 0.1) is 0 Å². The first-order chi connectivity index (χ1) is 9.25. The molecular weight excluding hydrogens is 286 g/mol. The Morgan fingerprint density at radius 2 is 1.75 bits per heavy atom. The molecule has 0 aromatic carbocycles. The molecule has 1 heterocycles. The molecule has 0 atom stereocenters. The van der Waals surface area contributed by atoms with Crippen molar-refractivity contribution in [3.05, 3.63) is 6.20 Å². The molecule has 1 aromatic rings. The minimum atomic E-state index is -4.67. The molecule has 1 aliphatic rings. The number of nitrogens with zero attached hydrogens (tertiary/aromatic N) is 2. The summed E-state index contributed by atoms with van der Waals surface area (Å²) >= 11 is 0. The maximum absolute atomic E-state index is 8.74. The van der Waals surface area contributed by atoms with E-state index in [4.69, 9.17) is 29.0 Å². The molecule has 2 rings (SSSR count). The highest BCUT2D eigenvalue weighted by Gasteiger charge is 2.14. The maximum atomic E-state index is 8.74. The number of aromatic nitrogens is 2. The molecule has 7 N–H and O–H groups in total. The zero-order chi connectivity index (χ0) is 15.2. The SMILES string of the molecule is Nc1cnc(NC2CCCCC2)nc1N.O=S(=O)(O)O. The summed E-state index contributed by atoms with van der Waals surface area (Å²) in [6.07, 6.45) is 7.82. The lowest BCUT2D eigenvalue weighted by molar-refractivity contribution is 0.381. The van der Waals surface area contributed by atoms with Gasteiger partial charge in [-0.1, -0.05) is 19.3 Å². The Labute approximate surface area is 117 Å². The Morgan fingerprint density at radius 3 is 2.25 bits per heavy atom. The summed E-state index contributed by atoms with van der Waals surface area (Å²) in [7, 11) is -4.67. The third kappa shape index (κ3) is 7.07. The number of nitrogens with one attached hydrogen (secondary N) is 1. The van der Waals surface area contributed by atoms with Crippen LogP contribution in [0.2, 0.25) is 0 Å². The summed E-state index contributed by atoms with van der Waals surface area (Å²) in [6, 6.07) is 0.488. The van der Waals surface area contributed by atoms with E-state index >= 15 is 0 Å². The van der Waals surface area contributed by atoms with E-state index in [1.165, 1.54) is 32.1 Å². The molecule has 0 aliphatic heterocycles. The molecule has 0 radical (unpaired) electrons. The minimum Gasteiger partial charge on any atom is -0.394 e. The summed E-state index contributed by atoms with van der Waals surface area (Å²) in [6.45, 7) is 0. The molecule has 1 aliphatic carbocycles. The Kier molecular flexibility index (Phi) is 5.92. The molecule has 10 heteroatoms. The molecule has 20 heavy (non-hydrogen) atoms. The van der Waals surface area contributed by atoms with Crippen molar-refractivity contribution < 1.29 is 17.5 Å². The molecular formula is C10H19N5O4S. The van der Waals surface area contributed by atoms with Gasteiger partial charge < -0.3 is 16.8 Å². The van der Waals surface area contributed by atoms with E-state index in [1.807, 2.05) is 0 Å². The normalized spacial score (nSPS) is 16.1. The number of nitrogens with two attached hydrogens (primary N) is 2. The molecule has 114 valence electrons. The van der Waals surface area contributed by atoms with Crippen LogP contribution in [0.1, 0.15) is 32.1 Å². The number of hydrogen-bond donors (Lipinski definition) is 5. The minimum absolute atomic E-state index is 0.350. The van der Waals surface area contributed by atoms with Crippen molar-refractivity contribution in [3.8, 4) is 0 Å². The Hall–Kier alpha value is -1.65.